The first-order valence-electron chi connectivity index (χ1n) is 7.65. The molecule has 0 aliphatic carbocycles. The van der Waals surface area contributed by atoms with Gasteiger partial charge in [-0.05, 0) is 44.1 Å². The fraction of sp³-hybridized carbons (Fsp3) is 0.786. The van der Waals surface area contributed by atoms with Crippen LogP contribution >= 0.6 is 11.8 Å². The number of hydrogen-bond acceptors (Lipinski definition) is 7. The van der Waals surface area contributed by atoms with Crippen LogP contribution in [-0.2, 0) is 0 Å². The Morgan fingerprint density at radius 1 is 1.24 bits per heavy atom. The minimum atomic E-state index is 0.0468. The maximum atomic E-state index is 5.60. The third-order valence-electron chi connectivity index (χ3n) is 3.06. The smallest absolute Gasteiger partial charge is 0.323 e. The first kappa shape index (κ1) is 16.1. The van der Waals surface area contributed by atoms with Crippen LogP contribution in [0.4, 0.5) is 11.9 Å². The molecule has 6 nitrogen and oxygen atoms in total. The van der Waals surface area contributed by atoms with Crippen LogP contribution in [0.15, 0.2) is 0 Å². The molecule has 1 aliphatic heterocycles. The average molecular weight is 311 g/mol. The van der Waals surface area contributed by atoms with Gasteiger partial charge in [0.1, 0.15) is 0 Å². The van der Waals surface area contributed by atoms with Crippen LogP contribution in [-0.4, -0.2) is 45.7 Å². The quantitative estimate of drug-likeness (QED) is 0.764. The van der Waals surface area contributed by atoms with Crippen molar-refractivity contribution in [1.82, 2.24) is 15.0 Å². The van der Waals surface area contributed by atoms with E-state index in [0.29, 0.717) is 23.8 Å². The predicted octanol–water partition coefficient (Wildman–Crippen LogP) is 2.65. The first-order valence-corrected chi connectivity index (χ1v) is 8.81. The lowest BCUT2D eigenvalue weighted by Crippen LogP contribution is -2.18. The molecular weight excluding hydrogens is 286 g/mol. The van der Waals surface area contributed by atoms with Gasteiger partial charge in [-0.15, -0.1) is 0 Å². The van der Waals surface area contributed by atoms with Gasteiger partial charge in [-0.3, -0.25) is 0 Å². The van der Waals surface area contributed by atoms with Gasteiger partial charge in [0.2, 0.25) is 11.9 Å². The van der Waals surface area contributed by atoms with E-state index in [2.05, 4.69) is 32.5 Å². The van der Waals surface area contributed by atoms with Crippen molar-refractivity contribution in [3.8, 4) is 6.01 Å². The number of aromatic nitrogens is 3. The molecule has 1 saturated heterocycles. The number of nitrogens with zero attached hydrogens (tertiary/aromatic N) is 3. The van der Waals surface area contributed by atoms with Crippen LogP contribution in [0.5, 0.6) is 6.01 Å². The molecule has 0 amide bonds. The summed E-state index contributed by atoms with van der Waals surface area (Å²) in [6.07, 6.45) is 2.33. The first-order chi connectivity index (χ1) is 10.2. The van der Waals surface area contributed by atoms with Gasteiger partial charge in [-0.2, -0.15) is 26.7 Å². The van der Waals surface area contributed by atoms with E-state index in [-0.39, 0.29) is 6.10 Å². The monoisotopic (exact) mass is 311 g/mol. The predicted molar refractivity (Wildman–Crippen MR) is 88.3 cm³/mol. The van der Waals surface area contributed by atoms with Gasteiger partial charge in [0.05, 0.1) is 6.10 Å². The van der Waals surface area contributed by atoms with Crippen molar-refractivity contribution in [2.75, 3.05) is 35.2 Å². The molecule has 0 spiro atoms. The van der Waals surface area contributed by atoms with Crippen molar-refractivity contribution in [3.63, 3.8) is 0 Å². The second-order valence-corrected chi connectivity index (χ2v) is 6.62. The maximum absolute atomic E-state index is 5.60. The summed E-state index contributed by atoms with van der Waals surface area (Å²) in [7, 11) is 0. The molecular formula is C14H25N5OS. The van der Waals surface area contributed by atoms with Crippen molar-refractivity contribution in [2.24, 2.45) is 5.92 Å². The largest absolute Gasteiger partial charge is 0.461 e. The summed E-state index contributed by atoms with van der Waals surface area (Å²) in [5.41, 5.74) is 0. The number of hydrogen-bond donors (Lipinski definition) is 2. The van der Waals surface area contributed by atoms with Crippen LogP contribution in [0.2, 0.25) is 0 Å². The summed E-state index contributed by atoms with van der Waals surface area (Å²) in [4.78, 5) is 13.0. The van der Waals surface area contributed by atoms with E-state index in [9.17, 15) is 0 Å². The van der Waals surface area contributed by atoms with Gasteiger partial charge in [-0.25, -0.2) is 0 Å². The molecule has 2 rings (SSSR count). The molecule has 1 aromatic heterocycles. The Bertz CT molecular complexity index is 437. The standard InChI is InChI=1S/C14H25N5OS/c1-4-6-15-12-17-13(16-8-11-5-7-21-9-11)19-14(18-12)20-10(2)3/h10-11H,4-9H2,1-3H3,(H2,15,16,17,18,19). The molecule has 0 bridgehead atoms. The number of anilines is 2. The third-order valence-corrected chi connectivity index (χ3v) is 4.29. The molecule has 1 aliphatic rings. The number of nitrogens with one attached hydrogen (secondary N) is 2. The third kappa shape index (κ3) is 5.57. The molecule has 0 radical (unpaired) electrons. The molecule has 2 N–H and O–H groups in total. The Balaban J connectivity index is 2.01. The highest BCUT2D eigenvalue weighted by atomic mass is 32.2. The molecule has 1 aromatic rings. The second kappa shape index (κ2) is 8.26. The summed E-state index contributed by atoms with van der Waals surface area (Å²) >= 11 is 2.01. The van der Waals surface area contributed by atoms with Crippen LogP contribution in [0.1, 0.15) is 33.6 Å². The maximum Gasteiger partial charge on any atom is 0.323 e. The number of rotatable bonds is 8. The molecule has 0 saturated carbocycles. The van der Waals surface area contributed by atoms with E-state index < -0.39 is 0 Å². The molecule has 0 aromatic carbocycles. The molecule has 21 heavy (non-hydrogen) atoms. The fourth-order valence-electron chi connectivity index (χ4n) is 1.99. The van der Waals surface area contributed by atoms with Gasteiger partial charge in [0.25, 0.3) is 0 Å². The fourth-order valence-corrected chi connectivity index (χ4v) is 3.28. The Morgan fingerprint density at radius 3 is 2.62 bits per heavy atom. The highest BCUT2D eigenvalue weighted by molar-refractivity contribution is 7.99. The van der Waals surface area contributed by atoms with Crippen LogP contribution < -0.4 is 15.4 Å². The van der Waals surface area contributed by atoms with Crippen molar-refractivity contribution >= 4 is 23.7 Å². The number of ether oxygens (including phenoxy) is 1. The second-order valence-electron chi connectivity index (χ2n) is 5.47. The van der Waals surface area contributed by atoms with Gasteiger partial charge in [0, 0.05) is 13.1 Å². The van der Waals surface area contributed by atoms with E-state index in [1.807, 2.05) is 25.6 Å². The zero-order valence-electron chi connectivity index (χ0n) is 13.1. The van der Waals surface area contributed by atoms with Crippen LogP contribution in [0.3, 0.4) is 0 Å². The summed E-state index contributed by atoms with van der Waals surface area (Å²) in [6.45, 7) is 7.78. The zero-order chi connectivity index (χ0) is 15.1. The van der Waals surface area contributed by atoms with Crippen LogP contribution in [0, 0.1) is 5.92 Å². The zero-order valence-corrected chi connectivity index (χ0v) is 13.9. The van der Waals surface area contributed by atoms with Gasteiger partial charge in [0.15, 0.2) is 0 Å². The Hall–Kier alpha value is -1.24. The summed E-state index contributed by atoms with van der Waals surface area (Å²) in [6, 6.07) is 0.377. The summed E-state index contributed by atoms with van der Waals surface area (Å²) in [5, 5.41) is 6.51. The van der Waals surface area contributed by atoms with E-state index in [4.69, 9.17) is 4.74 Å². The summed E-state index contributed by atoms with van der Waals surface area (Å²) < 4.78 is 5.60. The minimum Gasteiger partial charge on any atom is -0.461 e. The van der Waals surface area contributed by atoms with Gasteiger partial charge in [-0.1, -0.05) is 6.92 Å². The molecule has 7 heteroatoms. The molecule has 1 atom stereocenters. The molecule has 1 fully saturated rings. The molecule has 118 valence electrons. The van der Waals surface area contributed by atoms with Crippen molar-refractivity contribution in [1.29, 1.82) is 0 Å². The van der Waals surface area contributed by atoms with Gasteiger partial charge < -0.3 is 15.4 Å². The highest BCUT2D eigenvalue weighted by Crippen LogP contribution is 2.23. The topological polar surface area (TPSA) is 72.0 Å². The SMILES string of the molecule is CCCNc1nc(NCC2CCSC2)nc(OC(C)C)n1. The average Bonchev–Trinajstić information content (AvgIpc) is 2.95. The van der Waals surface area contributed by atoms with Crippen LogP contribution in [0.25, 0.3) is 0 Å². The van der Waals surface area contributed by atoms with Crippen molar-refractivity contribution < 1.29 is 4.74 Å². The minimum absolute atomic E-state index is 0.0468. The molecule has 1 unspecified atom stereocenters. The molecule has 2 heterocycles. The van der Waals surface area contributed by atoms with Crippen molar-refractivity contribution in [2.45, 2.75) is 39.7 Å². The lowest BCUT2D eigenvalue weighted by Gasteiger charge is -2.13. The number of thioether (sulfide) groups is 1. The van der Waals surface area contributed by atoms with E-state index in [1.54, 1.807) is 0 Å². The van der Waals surface area contributed by atoms with Gasteiger partial charge >= 0.3 is 6.01 Å². The lowest BCUT2D eigenvalue weighted by molar-refractivity contribution is 0.222. The normalized spacial score (nSPS) is 18.0. The lowest BCUT2D eigenvalue weighted by atomic mass is 10.1. The summed E-state index contributed by atoms with van der Waals surface area (Å²) in [5.74, 6) is 4.35. The van der Waals surface area contributed by atoms with E-state index in [0.717, 1.165) is 19.5 Å². The highest BCUT2D eigenvalue weighted by Gasteiger charge is 2.16. The Kier molecular flexibility index (Phi) is 6.35. The van der Waals surface area contributed by atoms with E-state index in [1.165, 1.54) is 17.9 Å². The Labute approximate surface area is 130 Å². The van der Waals surface area contributed by atoms with E-state index >= 15 is 0 Å². The van der Waals surface area contributed by atoms with Crippen molar-refractivity contribution in [3.05, 3.63) is 0 Å². The Morgan fingerprint density at radius 2 is 2.00 bits per heavy atom.